The lowest BCUT2D eigenvalue weighted by molar-refractivity contribution is 0.490. The predicted octanol–water partition coefficient (Wildman–Crippen LogP) is 6.70. The molecule has 0 amide bonds. The van der Waals surface area contributed by atoms with Gasteiger partial charge in [-0.25, -0.2) is 0 Å². The van der Waals surface area contributed by atoms with Gasteiger partial charge in [-0.2, -0.15) is 8.42 Å². The Hall–Kier alpha value is -1.31. The lowest BCUT2D eigenvalue weighted by Crippen LogP contribution is -1.88. The van der Waals surface area contributed by atoms with E-state index in [1.807, 2.05) is 13.8 Å². The van der Waals surface area contributed by atoms with Gasteiger partial charge < -0.3 is 0 Å². The molecule has 1 N–H and O–H groups in total. The molecule has 0 aliphatic rings. The van der Waals surface area contributed by atoms with Crippen LogP contribution in [0.5, 0.6) is 0 Å². The van der Waals surface area contributed by atoms with E-state index >= 15 is 0 Å². The van der Waals surface area contributed by atoms with Crippen molar-refractivity contribution in [3.63, 3.8) is 0 Å². The normalized spacial score (nSPS) is 8.42. The number of hydrogen-bond acceptors (Lipinski definition) is 2. The number of unbranched alkanes of at least 4 members (excludes halogenated alkanes) is 1. The van der Waals surface area contributed by atoms with Gasteiger partial charge in [0.25, 0.3) is 10.1 Å². The lowest BCUT2D eigenvalue weighted by atomic mass is 10.2. The molecule has 146 valence electrons. The second kappa shape index (κ2) is 37.7. The summed E-state index contributed by atoms with van der Waals surface area (Å²) < 4.78 is 25.9. The van der Waals surface area contributed by atoms with E-state index in [9.17, 15) is 8.42 Å². The summed E-state index contributed by atoms with van der Waals surface area (Å²) in [5, 5.41) is 0. The third-order valence-corrected chi connectivity index (χ3v) is 1.76. The molecule has 0 aromatic rings. The van der Waals surface area contributed by atoms with Crippen LogP contribution >= 0.6 is 0 Å². The highest BCUT2D eigenvalue weighted by Gasteiger charge is 1.81. The molecule has 0 heterocycles. The minimum absolute atomic E-state index is 0.715. The zero-order chi connectivity index (χ0) is 21.2. The Morgan fingerprint density at radius 2 is 1.21 bits per heavy atom. The monoisotopic (exact) mass is 362 g/mol. The van der Waals surface area contributed by atoms with Crippen molar-refractivity contribution in [3.05, 3.63) is 36.5 Å². The van der Waals surface area contributed by atoms with E-state index in [1.165, 1.54) is 24.0 Å². The number of allylic oxidation sites excluding steroid dienone is 4. The Bertz CT molecular complexity index is 361. The summed E-state index contributed by atoms with van der Waals surface area (Å²) >= 11 is 0. The molecule has 0 atom stereocenters. The van der Waals surface area contributed by atoms with Crippen molar-refractivity contribution in [3.8, 4) is 12.8 Å². The highest BCUT2D eigenvalue weighted by Crippen LogP contribution is 1.99. The molecule has 0 aromatic carbocycles. The standard InChI is InChI=1S/C9H16.C4H10.C2H6.C2H4.C2H2.CH4O3S/c1-5-9(4)7-6-8(2)3;1-3-4-2;3*1-2;1-5(2,3)4/h6-7H,5H2,1-4H3;3-4H2,1-2H3;1-2H3;1-2H2;1-2H;1H3,(H,2,3,4)/b9-7-;;;;;. The quantitative estimate of drug-likeness (QED) is 0.263. The maximum atomic E-state index is 9.19. The van der Waals surface area contributed by atoms with Crippen molar-refractivity contribution in [2.45, 2.75) is 74.7 Å². The zero-order valence-corrected chi connectivity index (χ0v) is 18.3. The van der Waals surface area contributed by atoms with Crippen molar-refractivity contribution < 1.29 is 13.0 Å². The summed E-state index contributed by atoms with van der Waals surface area (Å²) in [5.41, 5.74) is 2.80. The predicted molar refractivity (Wildman–Crippen MR) is 114 cm³/mol. The van der Waals surface area contributed by atoms with Crippen LogP contribution in [-0.4, -0.2) is 19.2 Å². The second-order valence-corrected chi connectivity index (χ2v) is 5.81. The van der Waals surface area contributed by atoms with E-state index in [2.05, 4.69) is 79.7 Å². The first-order valence-corrected chi connectivity index (χ1v) is 9.99. The Kier molecular flexibility index (Phi) is 60.2. The van der Waals surface area contributed by atoms with Crippen molar-refractivity contribution in [2.75, 3.05) is 6.26 Å². The van der Waals surface area contributed by atoms with Crippen LogP contribution < -0.4 is 0 Å². The maximum Gasteiger partial charge on any atom is 0.261 e. The molecular formula is C20H42O3S. The maximum absolute atomic E-state index is 9.19. The van der Waals surface area contributed by atoms with Crippen LogP contribution in [0.3, 0.4) is 0 Å². The fourth-order valence-electron chi connectivity index (χ4n) is 0.427. The Balaban J connectivity index is -0.0000000464. The number of hydrogen-bond donors (Lipinski definition) is 1. The van der Waals surface area contributed by atoms with E-state index in [-0.39, 0.29) is 0 Å². The van der Waals surface area contributed by atoms with Crippen LogP contribution in [-0.2, 0) is 10.1 Å². The van der Waals surface area contributed by atoms with Crippen LogP contribution in [0.15, 0.2) is 36.5 Å². The molecule has 24 heavy (non-hydrogen) atoms. The largest absolute Gasteiger partial charge is 0.286 e. The van der Waals surface area contributed by atoms with Gasteiger partial charge in [0.2, 0.25) is 0 Å². The van der Waals surface area contributed by atoms with Crippen LogP contribution in [0.25, 0.3) is 0 Å². The van der Waals surface area contributed by atoms with Gasteiger partial charge >= 0.3 is 0 Å². The lowest BCUT2D eigenvalue weighted by Gasteiger charge is -1.89. The molecule has 0 unspecified atom stereocenters. The molecular weight excluding hydrogens is 320 g/mol. The van der Waals surface area contributed by atoms with Gasteiger partial charge in [-0.15, -0.1) is 26.0 Å². The Morgan fingerprint density at radius 1 is 0.958 bits per heavy atom. The highest BCUT2D eigenvalue weighted by molar-refractivity contribution is 7.85. The summed E-state index contributed by atoms with van der Waals surface area (Å²) in [6.45, 7) is 22.9. The van der Waals surface area contributed by atoms with E-state index in [0.29, 0.717) is 6.26 Å². The zero-order valence-electron chi connectivity index (χ0n) is 17.5. The van der Waals surface area contributed by atoms with E-state index in [4.69, 9.17) is 4.55 Å². The molecule has 0 radical (unpaired) electrons. The van der Waals surface area contributed by atoms with Gasteiger partial charge in [-0.05, 0) is 27.2 Å². The summed E-state index contributed by atoms with van der Waals surface area (Å²) in [7, 11) is -3.67. The third-order valence-electron chi connectivity index (χ3n) is 1.76. The summed E-state index contributed by atoms with van der Waals surface area (Å²) in [6, 6.07) is 0. The van der Waals surface area contributed by atoms with Gasteiger partial charge in [-0.1, -0.05) is 70.8 Å². The molecule has 0 aromatic heterocycles. The third kappa shape index (κ3) is 179. The fourth-order valence-corrected chi connectivity index (χ4v) is 0.427. The Morgan fingerprint density at radius 3 is 1.33 bits per heavy atom. The van der Waals surface area contributed by atoms with E-state index < -0.39 is 10.1 Å². The fraction of sp³-hybridized carbons (Fsp3) is 0.600. The molecule has 4 heteroatoms. The van der Waals surface area contributed by atoms with Gasteiger partial charge in [0.1, 0.15) is 0 Å². The first-order chi connectivity index (χ1) is 11.1. The summed E-state index contributed by atoms with van der Waals surface area (Å²) in [6.07, 6.45) is 16.8. The van der Waals surface area contributed by atoms with Gasteiger partial charge in [0.05, 0.1) is 6.26 Å². The first kappa shape index (κ1) is 38.3. The molecule has 0 bridgehead atoms. The Labute approximate surface area is 153 Å². The molecule has 0 rings (SSSR count). The molecule has 3 nitrogen and oxygen atoms in total. The minimum Gasteiger partial charge on any atom is -0.286 e. The van der Waals surface area contributed by atoms with E-state index in [1.54, 1.807) is 0 Å². The molecule has 0 saturated heterocycles. The molecule has 0 aliphatic carbocycles. The van der Waals surface area contributed by atoms with Gasteiger partial charge in [0, 0.05) is 0 Å². The van der Waals surface area contributed by atoms with Crippen LogP contribution in [0.4, 0.5) is 0 Å². The van der Waals surface area contributed by atoms with Gasteiger partial charge in [0.15, 0.2) is 0 Å². The van der Waals surface area contributed by atoms with Crippen LogP contribution in [0, 0.1) is 12.8 Å². The SMILES string of the molecule is C#C.C=C.CC.CC/C(C)=C\C=C(C)C.CCCC.CS(=O)(=O)O. The molecule has 0 fully saturated rings. The summed E-state index contributed by atoms with van der Waals surface area (Å²) in [4.78, 5) is 0. The highest BCUT2D eigenvalue weighted by atomic mass is 32.2. The van der Waals surface area contributed by atoms with Crippen molar-refractivity contribution >= 4 is 10.1 Å². The van der Waals surface area contributed by atoms with Gasteiger partial charge in [-0.3, -0.25) is 4.55 Å². The first-order valence-electron chi connectivity index (χ1n) is 8.14. The molecule has 0 aliphatic heterocycles. The van der Waals surface area contributed by atoms with Crippen LogP contribution in [0.2, 0.25) is 0 Å². The molecule has 0 spiro atoms. The van der Waals surface area contributed by atoms with Crippen molar-refractivity contribution in [2.24, 2.45) is 0 Å². The van der Waals surface area contributed by atoms with Crippen molar-refractivity contribution in [1.82, 2.24) is 0 Å². The topological polar surface area (TPSA) is 54.4 Å². The molecule has 0 saturated carbocycles. The average molecular weight is 363 g/mol. The van der Waals surface area contributed by atoms with E-state index in [0.717, 1.165) is 6.42 Å². The van der Waals surface area contributed by atoms with Crippen LogP contribution in [0.1, 0.15) is 74.7 Å². The number of terminal acetylenes is 1. The number of rotatable bonds is 3. The average Bonchev–Trinajstić information content (AvgIpc) is 2.56. The minimum atomic E-state index is -3.67. The summed E-state index contributed by atoms with van der Waals surface area (Å²) in [5.74, 6) is 0. The second-order valence-electron chi connectivity index (χ2n) is 4.34. The van der Waals surface area contributed by atoms with Crippen molar-refractivity contribution in [1.29, 1.82) is 0 Å². The smallest absolute Gasteiger partial charge is 0.261 e.